The summed E-state index contributed by atoms with van der Waals surface area (Å²) in [5, 5.41) is 12.5. The van der Waals surface area contributed by atoms with Gasteiger partial charge in [-0.25, -0.2) is 8.78 Å². The molecule has 0 bridgehead atoms. The van der Waals surface area contributed by atoms with Gasteiger partial charge in [0.15, 0.2) is 0 Å². The van der Waals surface area contributed by atoms with E-state index in [9.17, 15) is 13.6 Å². The van der Waals surface area contributed by atoms with Crippen molar-refractivity contribution in [1.29, 1.82) is 5.26 Å². The highest BCUT2D eigenvalue weighted by molar-refractivity contribution is 6.00. The standard InChI is InChI=1S/C26H23F2N3O/c1-26(2,19-8-10-20(27)11-9-19)30-23-15-24(18-4-3-5-21(28)14-18)31(25(23)32)22-12-6-17(16-29)7-13-22/h3-14,23-24,30H,15H2,1-2H3/t23-,24-/m1/s1. The maximum atomic E-state index is 14.0. The monoisotopic (exact) mass is 431 g/mol. The van der Waals surface area contributed by atoms with Crippen LogP contribution in [-0.4, -0.2) is 11.9 Å². The molecule has 0 aromatic heterocycles. The van der Waals surface area contributed by atoms with Crippen molar-refractivity contribution in [2.24, 2.45) is 0 Å². The van der Waals surface area contributed by atoms with E-state index >= 15 is 0 Å². The molecule has 1 heterocycles. The zero-order chi connectivity index (χ0) is 22.9. The van der Waals surface area contributed by atoms with E-state index in [4.69, 9.17) is 5.26 Å². The highest BCUT2D eigenvalue weighted by Gasteiger charge is 2.43. The Balaban J connectivity index is 1.68. The summed E-state index contributed by atoms with van der Waals surface area (Å²) in [6.07, 6.45) is 0.437. The lowest BCUT2D eigenvalue weighted by Gasteiger charge is -2.30. The van der Waals surface area contributed by atoms with Crippen LogP contribution >= 0.6 is 0 Å². The molecule has 3 aromatic rings. The van der Waals surface area contributed by atoms with E-state index < -0.39 is 11.6 Å². The summed E-state index contributed by atoms with van der Waals surface area (Å²) >= 11 is 0. The summed E-state index contributed by atoms with van der Waals surface area (Å²) in [6, 6.07) is 20.4. The Labute approximate surface area is 186 Å². The molecular weight excluding hydrogens is 408 g/mol. The Morgan fingerprint density at radius 3 is 2.31 bits per heavy atom. The number of nitriles is 1. The van der Waals surface area contributed by atoms with Crippen LogP contribution in [0.5, 0.6) is 0 Å². The van der Waals surface area contributed by atoms with Gasteiger partial charge in [0, 0.05) is 11.2 Å². The number of rotatable bonds is 5. The molecule has 1 aliphatic heterocycles. The maximum absolute atomic E-state index is 14.0. The predicted octanol–water partition coefficient (Wildman–Crippen LogP) is 5.21. The molecule has 0 spiro atoms. The lowest BCUT2D eigenvalue weighted by atomic mass is 9.92. The second kappa shape index (κ2) is 8.52. The first-order chi connectivity index (χ1) is 15.3. The number of nitrogens with one attached hydrogen (secondary N) is 1. The molecule has 1 aliphatic rings. The van der Waals surface area contributed by atoms with E-state index in [1.54, 1.807) is 47.4 Å². The van der Waals surface area contributed by atoms with Crippen LogP contribution in [0.15, 0.2) is 72.8 Å². The minimum Gasteiger partial charge on any atom is -0.304 e. The van der Waals surface area contributed by atoms with Gasteiger partial charge in [-0.15, -0.1) is 0 Å². The number of benzene rings is 3. The van der Waals surface area contributed by atoms with E-state index in [-0.39, 0.29) is 23.6 Å². The molecule has 6 heteroatoms. The maximum Gasteiger partial charge on any atom is 0.244 e. The molecule has 1 amide bonds. The fourth-order valence-electron chi connectivity index (χ4n) is 4.26. The largest absolute Gasteiger partial charge is 0.304 e. The van der Waals surface area contributed by atoms with Crippen molar-refractivity contribution in [3.63, 3.8) is 0 Å². The normalized spacial score (nSPS) is 18.6. The van der Waals surface area contributed by atoms with Crippen LogP contribution in [0.4, 0.5) is 14.5 Å². The van der Waals surface area contributed by atoms with Crippen LogP contribution in [0.25, 0.3) is 0 Å². The Morgan fingerprint density at radius 1 is 1.00 bits per heavy atom. The molecule has 1 fully saturated rings. The average molecular weight is 431 g/mol. The topological polar surface area (TPSA) is 56.1 Å². The molecule has 2 atom stereocenters. The fourth-order valence-corrected chi connectivity index (χ4v) is 4.26. The number of amides is 1. The summed E-state index contributed by atoms with van der Waals surface area (Å²) in [4.78, 5) is 15.2. The van der Waals surface area contributed by atoms with Crippen LogP contribution in [0.3, 0.4) is 0 Å². The molecule has 3 aromatic carbocycles. The molecule has 32 heavy (non-hydrogen) atoms. The predicted molar refractivity (Wildman–Crippen MR) is 119 cm³/mol. The van der Waals surface area contributed by atoms with Gasteiger partial charge in [0.2, 0.25) is 5.91 Å². The summed E-state index contributed by atoms with van der Waals surface area (Å²) in [5.41, 5.74) is 2.10. The summed E-state index contributed by atoms with van der Waals surface area (Å²) < 4.78 is 27.4. The van der Waals surface area contributed by atoms with Crippen LogP contribution in [0, 0.1) is 23.0 Å². The first-order valence-electron chi connectivity index (χ1n) is 10.4. The number of carbonyl (C=O) groups excluding carboxylic acids is 1. The Morgan fingerprint density at radius 2 is 1.69 bits per heavy atom. The number of hydrogen-bond donors (Lipinski definition) is 1. The van der Waals surface area contributed by atoms with Crippen molar-refractivity contribution in [3.05, 3.63) is 101 Å². The summed E-state index contributed by atoms with van der Waals surface area (Å²) in [6.45, 7) is 3.88. The van der Waals surface area contributed by atoms with Gasteiger partial charge in [-0.05, 0) is 79.9 Å². The number of nitrogens with zero attached hydrogens (tertiary/aromatic N) is 2. The quantitative estimate of drug-likeness (QED) is 0.604. The van der Waals surface area contributed by atoms with Gasteiger partial charge < -0.3 is 4.90 Å². The molecule has 0 radical (unpaired) electrons. The molecule has 0 aliphatic carbocycles. The van der Waals surface area contributed by atoms with Crippen molar-refractivity contribution in [2.75, 3.05) is 4.90 Å². The van der Waals surface area contributed by atoms with Gasteiger partial charge >= 0.3 is 0 Å². The zero-order valence-corrected chi connectivity index (χ0v) is 17.8. The van der Waals surface area contributed by atoms with E-state index in [2.05, 4.69) is 11.4 Å². The third-order valence-corrected chi connectivity index (χ3v) is 5.92. The molecular formula is C26H23F2N3O. The SMILES string of the molecule is CC(C)(N[C@@H]1C[C@H](c2cccc(F)c2)N(c2ccc(C#N)cc2)C1=O)c1ccc(F)cc1. The first-order valence-corrected chi connectivity index (χ1v) is 10.4. The van der Waals surface area contributed by atoms with Crippen LogP contribution in [-0.2, 0) is 10.3 Å². The third kappa shape index (κ3) is 4.25. The minimum absolute atomic E-state index is 0.140. The molecule has 4 rings (SSSR count). The molecule has 1 N–H and O–H groups in total. The lowest BCUT2D eigenvalue weighted by Crippen LogP contribution is -2.47. The van der Waals surface area contributed by atoms with Crippen molar-refractivity contribution in [3.8, 4) is 6.07 Å². The zero-order valence-electron chi connectivity index (χ0n) is 17.8. The second-order valence-electron chi connectivity index (χ2n) is 8.50. The Bertz CT molecular complexity index is 1170. The third-order valence-electron chi connectivity index (χ3n) is 5.92. The summed E-state index contributed by atoms with van der Waals surface area (Å²) in [5.74, 6) is -0.823. The van der Waals surface area contributed by atoms with Gasteiger partial charge in [0.25, 0.3) is 0 Å². The molecule has 0 unspecified atom stereocenters. The second-order valence-corrected chi connectivity index (χ2v) is 8.50. The fraction of sp³-hybridized carbons (Fsp3) is 0.231. The van der Waals surface area contributed by atoms with Gasteiger partial charge in [0.1, 0.15) is 11.6 Å². The van der Waals surface area contributed by atoms with E-state index in [1.165, 1.54) is 24.3 Å². The number of halogens is 2. The molecule has 0 saturated carbocycles. The van der Waals surface area contributed by atoms with E-state index in [0.29, 0.717) is 23.2 Å². The molecule has 4 nitrogen and oxygen atoms in total. The van der Waals surface area contributed by atoms with Crippen LogP contribution in [0.1, 0.15) is 43.0 Å². The van der Waals surface area contributed by atoms with E-state index in [0.717, 1.165) is 5.56 Å². The van der Waals surface area contributed by atoms with Gasteiger partial charge in [-0.1, -0.05) is 24.3 Å². The number of carbonyl (C=O) groups is 1. The Hall–Kier alpha value is -3.56. The van der Waals surface area contributed by atoms with Crippen molar-refractivity contribution >= 4 is 11.6 Å². The first kappa shape index (κ1) is 21.7. The minimum atomic E-state index is -0.596. The average Bonchev–Trinajstić information content (AvgIpc) is 3.09. The summed E-state index contributed by atoms with van der Waals surface area (Å²) in [7, 11) is 0. The highest BCUT2D eigenvalue weighted by Crippen LogP contribution is 2.38. The van der Waals surface area contributed by atoms with Crippen molar-refractivity contribution in [2.45, 2.75) is 37.9 Å². The molecule has 162 valence electrons. The van der Waals surface area contributed by atoms with Crippen LogP contribution < -0.4 is 10.2 Å². The lowest BCUT2D eigenvalue weighted by molar-refractivity contribution is -0.119. The van der Waals surface area contributed by atoms with Gasteiger partial charge in [0.05, 0.1) is 23.7 Å². The Kier molecular flexibility index (Phi) is 5.77. The van der Waals surface area contributed by atoms with Crippen molar-refractivity contribution in [1.82, 2.24) is 5.32 Å². The van der Waals surface area contributed by atoms with Gasteiger partial charge in [-0.2, -0.15) is 5.26 Å². The number of anilines is 1. The van der Waals surface area contributed by atoms with E-state index in [1.807, 2.05) is 19.9 Å². The van der Waals surface area contributed by atoms with Crippen LogP contribution in [0.2, 0.25) is 0 Å². The molecule has 1 saturated heterocycles. The highest BCUT2D eigenvalue weighted by atomic mass is 19.1. The smallest absolute Gasteiger partial charge is 0.244 e. The van der Waals surface area contributed by atoms with Gasteiger partial charge in [-0.3, -0.25) is 10.1 Å². The van der Waals surface area contributed by atoms with Crippen molar-refractivity contribution < 1.29 is 13.6 Å². The number of hydrogen-bond acceptors (Lipinski definition) is 3.